The summed E-state index contributed by atoms with van der Waals surface area (Å²) in [5.74, 6) is 5.91. The summed E-state index contributed by atoms with van der Waals surface area (Å²) in [7, 11) is 0. The van der Waals surface area contributed by atoms with E-state index >= 15 is 0 Å². The second kappa shape index (κ2) is 9.39. The molecule has 164 valence electrons. The molecular weight excluding hydrogens is 432 g/mol. The number of fused-ring (bicyclic) bond motifs is 3. The minimum absolute atomic E-state index is 0.0426. The van der Waals surface area contributed by atoms with Crippen LogP contribution in [0, 0.1) is 11.8 Å². The van der Waals surface area contributed by atoms with Crippen LogP contribution in [0.5, 0.6) is 0 Å². The van der Waals surface area contributed by atoms with Crippen LogP contribution in [-0.4, -0.2) is 20.4 Å². The van der Waals surface area contributed by atoms with Gasteiger partial charge in [-0.05, 0) is 67.5 Å². The normalized spacial score (nSPS) is 12.6. The largest absolute Gasteiger partial charge is 0.326 e. The summed E-state index contributed by atoms with van der Waals surface area (Å²) >= 11 is 1.63. The Balaban J connectivity index is 1.26. The summed E-state index contributed by atoms with van der Waals surface area (Å²) in [5.41, 5.74) is 3.27. The molecule has 1 amide bonds. The van der Waals surface area contributed by atoms with Crippen LogP contribution < -0.4 is 10.9 Å². The van der Waals surface area contributed by atoms with Crippen molar-refractivity contribution in [2.75, 3.05) is 5.32 Å². The van der Waals surface area contributed by atoms with Crippen LogP contribution in [0.15, 0.2) is 59.8 Å². The number of thiophene rings is 1. The first kappa shape index (κ1) is 21.1. The Hall–Kier alpha value is -3.76. The Morgan fingerprint density at radius 1 is 1.09 bits per heavy atom. The highest BCUT2D eigenvalue weighted by Crippen LogP contribution is 2.33. The Labute approximate surface area is 195 Å². The molecule has 1 aliphatic carbocycles. The lowest BCUT2D eigenvalue weighted by molar-refractivity contribution is -0.116. The second-order valence-electron chi connectivity index (χ2n) is 7.98. The smallest absolute Gasteiger partial charge is 0.262 e. The number of hydrogen-bond donors (Lipinski definition) is 1. The lowest BCUT2D eigenvalue weighted by Gasteiger charge is -2.10. The maximum atomic E-state index is 13.0. The SMILES string of the molecule is O=C(CCn1cnc2sc3c(c2c1=O)CCCC3)Nc1cccc(C#Cc2ccccn2)c1. The Bertz CT molecular complexity index is 1440. The standard InChI is InChI=1S/C26H22N4O2S/c31-23(29-20-8-5-6-18(16-20)11-12-19-7-3-4-14-27-19)13-15-30-17-28-25-24(26(30)32)21-9-1-2-10-22(21)33-25/h3-8,14,16-17H,1-2,9-10,13,15H2,(H,29,31). The van der Waals surface area contributed by atoms with E-state index in [1.807, 2.05) is 42.5 Å². The van der Waals surface area contributed by atoms with Crippen molar-refractivity contribution >= 4 is 33.1 Å². The number of nitrogens with zero attached hydrogens (tertiary/aromatic N) is 3. The van der Waals surface area contributed by atoms with Crippen LogP contribution in [0.1, 0.15) is 41.0 Å². The summed E-state index contributed by atoms with van der Waals surface area (Å²) in [4.78, 5) is 36.4. The van der Waals surface area contributed by atoms with Gasteiger partial charge in [0, 0.05) is 35.3 Å². The van der Waals surface area contributed by atoms with Gasteiger partial charge in [-0.15, -0.1) is 11.3 Å². The topological polar surface area (TPSA) is 76.9 Å². The summed E-state index contributed by atoms with van der Waals surface area (Å²) in [5, 5.41) is 3.64. The fraction of sp³-hybridized carbons (Fsp3) is 0.231. The maximum Gasteiger partial charge on any atom is 0.262 e. The summed E-state index contributed by atoms with van der Waals surface area (Å²) in [6.07, 6.45) is 7.70. The van der Waals surface area contributed by atoms with Crippen molar-refractivity contribution in [3.05, 3.63) is 87.0 Å². The number of pyridine rings is 1. The van der Waals surface area contributed by atoms with E-state index in [2.05, 4.69) is 27.1 Å². The van der Waals surface area contributed by atoms with E-state index in [0.29, 0.717) is 11.4 Å². The van der Waals surface area contributed by atoms with Gasteiger partial charge in [0.05, 0.1) is 11.7 Å². The molecule has 1 N–H and O–H groups in total. The molecule has 0 saturated carbocycles. The molecule has 0 bridgehead atoms. The Morgan fingerprint density at radius 3 is 2.88 bits per heavy atom. The van der Waals surface area contributed by atoms with Crippen LogP contribution in [0.25, 0.3) is 10.2 Å². The van der Waals surface area contributed by atoms with Gasteiger partial charge in [0.25, 0.3) is 5.56 Å². The molecule has 7 heteroatoms. The predicted molar refractivity (Wildman–Crippen MR) is 130 cm³/mol. The molecule has 5 rings (SSSR count). The number of anilines is 1. The molecule has 6 nitrogen and oxygen atoms in total. The zero-order valence-corrected chi connectivity index (χ0v) is 18.8. The molecule has 0 spiro atoms. The third-order valence-electron chi connectivity index (χ3n) is 5.67. The van der Waals surface area contributed by atoms with E-state index in [1.54, 1.807) is 28.4 Å². The van der Waals surface area contributed by atoms with Crippen LogP contribution in [0.3, 0.4) is 0 Å². The summed E-state index contributed by atoms with van der Waals surface area (Å²) in [6, 6.07) is 13.0. The molecule has 3 heterocycles. The summed E-state index contributed by atoms with van der Waals surface area (Å²) < 4.78 is 1.55. The van der Waals surface area contributed by atoms with Crippen LogP contribution in [0.2, 0.25) is 0 Å². The van der Waals surface area contributed by atoms with Crippen molar-refractivity contribution in [1.29, 1.82) is 0 Å². The summed E-state index contributed by atoms with van der Waals surface area (Å²) in [6.45, 7) is 0.289. The third-order valence-corrected chi connectivity index (χ3v) is 6.87. The number of aryl methyl sites for hydroxylation is 3. The van der Waals surface area contributed by atoms with Crippen molar-refractivity contribution < 1.29 is 4.79 Å². The highest BCUT2D eigenvalue weighted by Gasteiger charge is 2.20. The molecule has 0 atom stereocenters. The highest BCUT2D eigenvalue weighted by atomic mass is 32.1. The first-order chi connectivity index (χ1) is 16.2. The number of rotatable bonds is 4. The number of carbonyl (C=O) groups excluding carboxylic acids is 1. The fourth-order valence-corrected chi connectivity index (χ4v) is 5.25. The van der Waals surface area contributed by atoms with Crippen LogP contribution >= 0.6 is 11.3 Å². The van der Waals surface area contributed by atoms with E-state index in [-0.39, 0.29) is 24.4 Å². The van der Waals surface area contributed by atoms with Gasteiger partial charge in [-0.25, -0.2) is 9.97 Å². The lowest BCUT2D eigenvalue weighted by atomic mass is 9.97. The number of nitrogens with one attached hydrogen (secondary N) is 1. The van der Waals surface area contributed by atoms with E-state index in [4.69, 9.17) is 0 Å². The minimum Gasteiger partial charge on any atom is -0.326 e. The number of carbonyl (C=O) groups is 1. The van der Waals surface area contributed by atoms with Crippen LogP contribution in [-0.2, 0) is 24.2 Å². The monoisotopic (exact) mass is 454 g/mol. The Kier molecular flexibility index (Phi) is 6.01. The predicted octanol–water partition coefficient (Wildman–Crippen LogP) is 4.16. The van der Waals surface area contributed by atoms with E-state index in [9.17, 15) is 9.59 Å². The van der Waals surface area contributed by atoms with Gasteiger partial charge in [0.1, 0.15) is 10.5 Å². The Morgan fingerprint density at radius 2 is 2.00 bits per heavy atom. The number of amides is 1. The van der Waals surface area contributed by atoms with Gasteiger partial charge < -0.3 is 5.32 Å². The first-order valence-electron chi connectivity index (χ1n) is 11.0. The van der Waals surface area contributed by atoms with Gasteiger partial charge in [-0.1, -0.05) is 18.1 Å². The van der Waals surface area contributed by atoms with E-state index in [0.717, 1.165) is 35.0 Å². The van der Waals surface area contributed by atoms with Crippen molar-refractivity contribution in [2.24, 2.45) is 0 Å². The number of benzene rings is 1. The lowest BCUT2D eigenvalue weighted by Crippen LogP contribution is -2.24. The average Bonchev–Trinajstić information content (AvgIpc) is 3.23. The fourth-order valence-electron chi connectivity index (χ4n) is 4.03. The van der Waals surface area contributed by atoms with Gasteiger partial charge in [0.15, 0.2) is 0 Å². The van der Waals surface area contributed by atoms with Gasteiger partial charge >= 0.3 is 0 Å². The van der Waals surface area contributed by atoms with Gasteiger partial charge in [0.2, 0.25) is 5.91 Å². The van der Waals surface area contributed by atoms with E-state index in [1.165, 1.54) is 16.9 Å². The van der Waals surface area contributed by atoms with Gasteiger partial charge in [-0.2, -0.15) is 0 Å². The molecule has 0 radical (unpaired) electrons. The molecule has 4 aromatic rings. The molecule has 1 aromatic carbocycles. The average molecular weight is 455 g/mol. The van der Waals surface area contributed by atoms with Crippen LogP contribution in [0.4, 0.5) is 5.69 Å². The zero-order chi connectivity index (χ0) is 22.6. The van der Waals surface area contributed by atoms with Crippen molar-refractivity contribution in [2.45, 2.75) is 38.6 Å². The first-order valence-corrected chi connectivity index (χ1v) is 11.8. The molecule has 1 aliphatic rings. The molecule has 33 heavy (non-hydrogen) atoms. The third kappa shape index (κ3) is 4.71. The molecule has 0 aliphatic heterocycles. The molecule has 0 saturated heterocycles. The molecule has 0 unspecified atom stereocenters. The molecular formula is C26H22N4O2S. The van der Waals surface area contributed by atoms with Gasteiger partial charge in [-0.3, -0.25) is 14.2 Å². The van der Waals surface area contributed by atoms with Crippen molar-refractivity contribution in [3.63, 3.8) is 0 Å². The number of aromatic nitrogens is 3. The van der Waals surface area contributed by atoms with E-state index < -0.39 is 0 Å². The molecule has 0 fully saturated rings. The number of hydrogen-bond acceptors (Lipinski definition) is 5. The minimum atomic E-state index is -0.163. The van der Waals surface area contributed by atoms with Crippen molar-refractivity contribution in [3.8, 4) is 11.8 Å². The quantitative estimate of drug-likeness (QED) is 0.470. The maximum absolute atomic E-state index is 13.0. The molecule has 3 aromatic heterocycles. The highest BCUT2D eigenvalue weighted by molar-refractivity contribution is 7.18. The zero-order valence-electron chi connectivity index (χ0n) is 18.0. The van der Waals surface area contributed by atoms with Crippen molar-refractivity contribution in [1.82, 2.24) is 14.5 Å². The second-order valence-corrected chi connectivity index (χ2v) is 9.06.